The van der Waals surface area contributed by atoms with Crippen LogP contribution in [0.1, 0.15) is 32.3 Å². The van der Waals surface area contributed by atoms with Crippen molar-refractivity contribution in [2.45, 2.75) is 38.5 Å². The average Bonchev–Trinajstić information content (AvgIpc) is 2.38. The summed E-state index contributed by atoms with van der Waals surface area (Å²) in [5.74, 6) is 0. The van der Waals surface area contributed by atoms with Crippen molar-refractivity contribution in [3.63, 3.8) is 0 Å². The van der Waals surface area contributed by atoms with Crippen molar-refractivity contribution >= 4 is 15.7 Å². The summed E-state index contributed by atoms with van der Waals surface area (Å²) in [5.41, 5.74) is 0.301. The quantitative estimate of drug-likeness (QED) is 0.572. The Kier molecular flexibility index (Phi) is 5.64. The topological polar surface area (TPSA) is 80.5 Å². The number of hydrogen-bond donors (Lipinski definition) is 0. The molecule has 0 heterocycles. The van der Waals surface area contributed by atoms with Crippen LogP contribution in [0.2, 0.25) is 0 Å². The smallest absolute Gasteiger partial charge is 0.258 e. The minimum atomic E-state index is -3.83. The standard InChI is InChI=1S/C13H20N2O4S/c1-4-8-14(9-5-2)20(18,19)13-7-6-11(3)10-12(13)15(16)17/h6-7,10H,4-5,8-9H2,1-3H3. The van der Waals surface area contributed by atoms with Crippen LogP contribution in [0, 0.1) is 17.0 Å². The van der Waals surface area contributed by atoms with E-state index in [1.807, 2.05) is 13.8 Å². The van der Waals surface area contributed by atoms with Crippen molar-refractivity contribution < 1.29 is 13.3 Å². The highest BCUT2D eigenvalue weighted by molar-refractivity contribution is 7.89. The second kappa shape index (κ2) is 6.81. The molecule has 0 aromatic heterocycles. The lowest BCUT2D eigenvalue weighted by molar-refractivity contribution is -0.387. The van der Waals surface area contributed by atoms with Gasteiger partial charge in [0.05, 0.1) is 4.92 Å². The molecule has 0 amide bonds. The number of rotatable bonds is 7. The maximum absolute atomic E-state index is 12.6. The Morgan fingerprint density at radius 2 is 1.75 bits per heavy atom. The molecule has 7 heteroatoms. The first-order valence-electron chi connectivity index (χ1n) is 6.59. The maximum Gasteiger partial charge on any atom is 0.289 e. The molecule has 0 fully saturated rings. The van der Waals surface area contributed by atoms with Crippen LogP contribution in [0.25, 0.3) is 0 Å². The zero-order valence-corrected chi connectivity index (χ0v) is 12.8. The Labute approximate surface area is 119 Å². The van der Waals surface area contributed by atoms with Crippen LogP contribution >= 0.6 is 0 Å². The number of sulfonamides is 1. The second-order valence-electron chi connectivity index (χ2n) is 4.63. The van der Waals surface area contributed by atoms with E-state index in [0.29, 0.717) is 31.5 Å². The highest BCUT2D eigenvalue weighted by atomic mass is 32.2. The first-order valence-corrected chi connectivity index (χ1v) is 8.03. The molecule has 20 heavy (non-hydrogen) atoms. The highest BCUT2D eigenvalue weighted by Crippen LogP contribution is 2.27. The Morgan fingerprint density at radius 3 is 2.20 bits per heavy atom. The van der Waals surface area contributed by atoms with E-state index >= 15 is 0 Å². The van der Waals surface area contributed by atoms with Gasteiger partial charge in [-0.3, -0.25) is 10.1 Å². The van der Waals surface area contributed by atoms with Crippen molar-refractivity contribution in [3.8, 4) is 0 Å². The van der Waals surface area contributed by atoms with Crippen molar-refractivity contribution in [2.24, 2.45) is 0 Å². The normalized spacial score (nSPS) is 11.8. The second-order valence-corrected chi connectivity index (χ2v) is 6.54. The van der Waals surface area contributed by atoms with Gasteiger partial charge in [-0.1, -0.05) is 19.9 Å². The van der Waals surface area contributed by atoms with Gasteiger partial charge in [0.25, 0.3) is 5.69 Å². The number of nitro groups is 1. The monoisotopic (exact) mass is 300 g/mol. The predicted molar refractivity (Wildman–Crippen MR) is 77.2 cm³/mol. The molecule has 0 aliphatic carbocycles. The molecule has 1 rings (SSSR count). The Balaban J connectivity index is 3.36. The third kappa shape index (κ3) is 3.55. The molecule has 112 valence electrons. The molecule has 1 aromatic carbocycles. The summed E-state index contributed by atoms with van der Waals surface area (Å²) < 4.78 is 26.5. The molecule has 1 aromatic rings. The SMILES string of the molecule is CCCN(CCC)S(=O)(=O)c1ccc(C)cc1[N+](=O)[O-]. The molecule has 0 aliphatic heterocycles. The van der Waals surface area contributed by atoms with Gasteiger partial charge in [0.15, 0.2) is 4.90 Å². The van der Waals surface area contributed by atoms with Crippen LogP contribution in [0.5, 0.6) is 0 Å². The Bertz CT molecular complexity index is 578. The lowest BCUT2D eigenvalue weighted by atomic mass is 10.2. The average molecular weight is 300 g/mol. The molecule has 6 nitrogen and oxygen atoms in total. The molecular formula is C13H20N2O4S. The first kappa shape index (κ1) is 16.6. The van der Waals surface area contributed by atoms with Gasteiger partial charge in [0, 0.05) is 19.2 Å². The minimum absolute atomic E-state index is 0.227. The number of nitrogens with zero attached hydrogens (tertiary/aromatic N) is 2. The van der Waals surface area contributed by atoms with Crippen molar-refractivity contribution in [3.05, 3.63) is 33.9 Å². The van der Waals surface area contributed by atoms with E-state index in [-0.39, 0.29) is 10.6 Å². The molecule has 0 aliphatic rings. The fourth-order valence-corrected chi connectivity index (χ4v) is 3.74. The first-order chi connectivity index (χ1) is 9.34. The molecule has 0 spiro atoms. The number of aryl methyl sites for hydroxylation is 1. The molecule has 0 N–H and O–H groups in total. The van der Waals surface area contributed by atoms with Gasteiger partial charge in [-0.2, -0.15) is 4.31 Å². The molecule has 0 radical (unpaired) electrons. The number of benzene rings is 1. The molecule has 0 bridgehead atoms. The Morgan fingerprint density at radius 1 is 1.20 bits per heavy atom. The minimum Gasteiger partial charge on any atom is -0.258 e. The summed E-state index contributed by atoms with van der Waals surface area (Å²) in [5, 5.41) is 11.1. The zero-order chi connectivity index (χ0) is 15.3. The van der Waals surface area contributed by atoms with Crippen LogP contribution < -0.4 is 0 Å². The molecular weight excluding hydrogens is 280 g/mol. The van der Waals surface area contributed by atoms with Crippen molar-refractivity contribution in [1.29, 1.82) is 0 Å². The zero-order valence-electron chi connectivity index (χ0n) is 12.0. The van der Waals surface area contributed by atoms with Crippen LogP contribution in [-0.2, 0) is 10.0 Å². The van der Waals surface area contributed by atoms with Gasteiger partial charge in [0.1, 0.15) is 0 Å². The van der Waals surface area contributed by atoms with E-state index in [1.54, 1.807) is 13.0 Å². The van der Waals surface area contributed by atoms with Crippen LogP contribution in [0.4, 0.5) is 5.69 Å². The number of nitro benzene ring substituents is 1. The van der Waals surface area contributed by atoms with Crippen molar-refractivity contribution in [2.75, 3.05) is 13.1 Å². The molecule has 0 saturated heterocycles. The summed E-state index contributed by atoms with van der Waals surface area (Å²) in [4.78, 5) is 10.2. The predicted octanol–water partition coefficient (Wildman–Crippen LogP) is 2.71. The van der Waals surface area contributed by atoms with E-state index in [0.717, 1.165) is 0 Å². The van der Waals surface area contributed by atoms with Gasteiger partial charge in [0.2, 0.25) is 10.0 Å². The van der Waals surface area contributed by atoms with E-state index in [4.69, 9.17) is 0 Å². The van der Waals surface area contributed by atoms with E-state index in [9.17, 15) is 18.5 Å². The van der Waals surface area contributed by atoms with Gasteiger partial charge in [-0.15, -0.1) is 0 Å². The van der Waals surface area contributed by atoms with E-state index in [2.05, 4.69) is 0 Å². The third-order valence-electron chi connectivity index (χ3n) is 2.87. The van der Waals surface area contributed by atoms with Crippen LogP contribution in [0.3, 0.4) is 0 Å². The Hall–Kier alpha value is -1.47. The summed E-state index contributed by atoms with van der Waals surface area (Å²) in [7, 11) is -3.83. The van der Waals surface area contributed by atoms with Gasteiger partial charge in [-0.05, 0) is 31.4 Å². The summed E-state index contributed by atoms with van der Waals surface area (Å²) in [6.45, 7) is 6.17. The molecule has 0 atom stereocenters. The van der Waals surface area contributed by atoms with E-state index < -0.39 is 14.9 Å². The van der Waals surface area contributed by atoms with Crippen LogP contribution in [0.15, 0.2) is 23.1 Å². The summed E-state index contributed by atoms with van der Waals surface area (Å²) in [6.07, 6.45) is 1.33. The lowest BCUT2D eigenvalue weighted by Gasteiger charge is -2.20. The van der Waals surface area contributed by atoms with Crippen molar-refractivity contribution in [1.82, 2.24) is 4.31 Å². The fraction of sp³-hybridized carbons (Fsp3) is 0.538. The highest BCUT2D eigenvalue weighted by Gasteiger charge is 2.30. The van der Waals surface area contributed by atoms with E-state index in [1.165, 1.54) is 16.4 Å². The van der Waals surface area contributed by atoms with Gasteiger partial charge in [-0.25, -0.2) is 8.42 Å². The third-order valence-corrected chi connectivity index (χ3v) is 4.82. The summed E-state index contributed by atoms with van der Waals surface area (Å²) in [6, 6.07) is 4.19. The van der Waals surface area contributed by atoms with Gasteiger partial charge >= 0.3 is 0 Å². The maximum atomic E-state index is 12.6. The largest absolute Gasteiger partial charge is 0.289 e. The fourth-order valence-electron chi connectivity index (χ4n) is 1.98. The van der Waals surface area contributed by atoms with Gasteiger partial charge < -0.3 is 0 Å². The lowest BCUT2D eigenvalue weighted by Crippen LogP contribution is -2.33. The number of hydrogen-bond acceptors (Lipinski definition) is 4. The molecule has 0 unspecified atom stereocenters. The van der Waals surface area contributed by atoms with Crippen LogP contribution in [-0.4, -0.2) is 30.7 Å². The summed E-state index contributed by atoms with van der Waals surface area (Å²) >= 11 is 0. The molecule has 0 saturated carbocycles.